The van der Waals surface area contributed by atoms with E-state index in [1.807, 2.05) is 163 Å². The number of fused-ring (bicyclic) bond motifs is 17. The molecule has 562 valence electrons. The van der Waals surface area contributed by atoms with E-state index < -0.39 is 0 Å². The van der Waals surface area contributed by atoms with Gasteiger partial charge in [-0.05, 0) is 113 Å². The molecular weight excluding hydrogens is 1770 g/mol. The molecule has 18 aromatic rings. The summed E-state index contributed by atoms with van der Waals surface area (Å²) in [6, 6.07) is 97.3. The minimum Gasteiger partial charge on any atom is -0.512 e. The minimum atomic E-state index is -0.344. The Morgan fingerprint density at radius 3 is 1.78 bits per heavy atom. The molecule has 0 spiro atoms. The summed E-state index contributed by atoms with van der Waals surface area (Å²) >= 11 is 3.73. The average molecular weight is 1870 g/mol. The number of nitrogens with zero attached hydrogens (tertiary/aromatic N) is 8. The Morgan fingerprint density at radius 2 is 1.08 bits per heavy atom. The number of benzene rings is 10. The van der Waals surface area contributed by atoms with Gasteiger partial charge < -0.3 is 19.6 Å². The second-order valence-corrected chi connectivity index (χ2v) is 27.1. The Morgan fingerprint density at radius 1 is 0.482 bits per heavy atom. The normalized spacial score (nSPS) is 11.8. The van der Waals surface area contributed by atoms with Gasteiger partial charge in [-0.15, -0.1) is 107 Å². The molecule has 0 aliphatic carbocycles. The van der Waals surface area contributed by atoms with Gasteiger partial charge in [0.05, 0.1) is 55.1 Å². The van der Waals surface area contributed by atoms with Gasteiger partial charge in [-0.2, -0.15) is 20.5 Å². The summed E-state index contributed by atoms with van der Waals surface area (Å²) in [5, 5.41) is 13.7. The fraction of sp³-hybridized carbons (Fsp3) is 0.102. The molecule has 0 amide bonds. The molecule has 2 radical (unpaired) electrons. The van der Waals surface area contributed by atoms with Crippen LogP contribution in [-0.4, -0.2) is 35.4 Å². The van der Waals surface area contributed by atoms with Crippen LogP contribution in [0.3, 0.4) is 0 Å². The Hall–Kier alpha value is -11.7. The molecule has 14 heteroatoms. The first-order valence-corrected chi connectivity index (χ1v) is 36.2. The molecule has 112 heavy (non-hydrogen) atoms. The van der Waals surface area contributed by atoms with Gasteiger partial charge in [-0.3, -0.25) is 9.78 Å². The average Bonchev–Trinajstić information content (AvgIpc) is 1.59. The molecule has 11 heterocycles. The molecule has 0 unspecified atom stereocenters. The van der Waals surface area contributed by atoms with Crippen LogP contribution in [0.25, 0.3) is 125 Å². The van der Waals surface area contributed by atoms with Crippen LogP contribution in [-0.2, 0) is 64.6 Å². The first kappa shape index (κ1) is 74.4. The zero-order chi connectivity index (χ0) is 78.2. The number of hydrogen-bond acceptors (Lipinski definition) is 8. The van der Waals surface area contributed by atoms with Crippen molar-refractivity contribution in [2.24, 2.45) is 0 Å². The van der Waals surface area contributed by atoms with E-state index in [0.29, 0.717) is 5.56 Å². The number of ketones is 1. The third kappa shape index (κ3) is 19.0. The van der Waals surface area contributed by atoms with E-state index in [9.17, 15) is 4.79 Å². The number of allylic oxidation sites excluding steroid dienone is 2. The molecule has 0 saturated carbocycles. The number of aliphatic hydroxyl groups is 1. The maximum absolute atomic E-state index is 10.0. The van der Waals surface area contributed by atoms with Crippen LogP contribution in [0, 0.1) is 25.1 Å². The Balaban J connectivity index is 0.000000160. The molecule has 8 aromatic heterocycles. The van der Waals surface area contributed by atoms with Crippen LogP contribution in [0.15, 0.2) is 346 Å². The molecule has 1 N–H and O–H groups in total. The Labute approximate surface area is 702 Å². The van der Waals surface area contributed by atoms with Crippen molar-refractivity contribution in [3.05, 3.63) is 387 Å². The zero-order valence-corrected chi connectivity index (χ0v) is 65.3. The van der Waals surface area contributed by atoms with Gasteiger partial charge >= 0.3 is 5.82 Å². The predicted octanol–water partition coefficient (Wildman–Crippen LogP) is 23.6. The molecule has 21 rings (SSSR count). The van der Waals surface area contributed by atoms with Crippen molar-refractivity contribution >= 4 is 79.8 Å². The number of hydrogen-bond donors (Lipinski definition) is 1. The maximum Gasteiger partial charge on any atom is 0.331 e. The second-order valence-electron chi connectivity index (χ2n) is 25.0. The maximum atomic E-state index is 10.0. The number of imidazole rings is 1. The number of aryl methyl sites for hydroxylation is 1. The van der Waals surface area contributed by atoms with E-state index in [1.54, 1.807) is 10.8 Å². The molecule has 0 atom stereocenters. The SMILES string of the molecule is C.C.C.C.CC(=O)C=C(C)O.Cc1cc[n+]2c(n1)-c1ccccc1C2.[2H]c1c[n+]2c(c([2H])c1[2H])-c1c([2H])c([2H])c([2H])c([2H])c1C2.[Ir].[Ir].[c-]1ccc2c(sc3ccccc32)c1-c1ccccn1.[c-]1ccccc1-c1ccccn1.[c-]1ccccc1-c1nc2ccccc2n1-c1ccccc1.c1cc[n+]2c(c1)-c1c(ccc3c1sc1ccccc13)C2. The summed E-state index contributed by atoms with van der Waals surface area (Å²) in [5.41, 5.74) is 17.2. The fourth-order valence-corrected chi connectivity index (χ4v) is 15.5. The number of para-hydroxylation sites is 3. The van der Waals surface area contributed by atoms with E-state index in [0.717, 1.165) is 75.2 Å². The fourth-order valence-electron chi connectivity index (χ4n) is 13.0. The quantitative estimate of drug-likeness (QED) is 0.0796. The number of rotatable bonds is 5. The zero-order valence-electron chi connectivity index (χ0n) is 65.8. The Bertz CT molecular complexity index is 6560. The van der Waals surface area contributed by atoms with Crippen LogP contribution < -0.4 is 13.7 Å². The molecular formula is C98H88Ir2N8O2S2. The van der Waals surface area contributed by atoms with Gasteiger partial charge in [0, 0.05) is 143 Å². The van der Waals surface area contributed by atoms with E-state index in [1.165, 1.54) is 94.4 Å². The first-order valence-electron chi connectivity index (χ1n) is 38.0. The molecule has 0 bridgehead atoms. The number of aromatic nitrogens is 8. The van der Waals surface area contributed by atoms with E-state index >= 15 is 0 Å². The molecule has 0 fully saturated rings. The standard InChI is InChI=1S/C19H13N2.C18H12NS.C17H10NS.C12H11N2.C12H10N.C11H8N.C5H8O2.4CH4.2Ir/c1-3-9-15(10-4-1)19-20-17-13-7-8-14-18(17)21(19)16-11-5-2-6-12-16;1-2-7-16-13(5-1)14-9-8-12-11-19-10-4-3-6-15(19)17(12)18(14)20-16;1-2-10-16-12(6-1)13-7-5-8-14(17(13)19-16)15-9-3-4-11-18-15;1-9-6-7-14-8-10-4-2-3-5-11(10)12(14)13-9;1-2-6-11-10(5-1)9-13-8-4-3-7-12(11)13;1-2-6-10(7-3-1)11-8-4-5-9-12-11;1-4(6)3-5(2)7;;;;;;/h1-9,11-14H;1-10H,11H2;1-7,9-11H;2-7H,8H2,1H3;1-8H,9H2;1-6,8-9H;3,6H,1-2H3;4*1H4;;/q-1;+1;-1;2*+1;-1;;;;;;;/i;;;;1D,2D,3D,4D,5D,6D,7D;;;;;;;;. The summed E-state index contributed by atoms with van der Waals surface area (Å²) in [4.78, 5) is 28.0. The van der Waals surface area contributed by atoms with Crippen molar-refractivity contribution in [2.75, 3.05) is 0 Å². The van der Waals surface area contributed by atoms with Crippen molar-refractivity contribution in [1.29, 1.82) is 0 Å². The van der Waals surface area contributed by atoms with Crippen molar-refractivity contribution in [3.63, 3.8) is 0 Å². The van der Waals surface area contributed by atoms with Gasteiger partial charge in [0.1, 0.15) is 6.54 Å². The third-order valence-electron chi connectivity index (χ3n) is 17.8. The number of carbonyl (C=O) groups excluding carboxylic acids is 1. The van der Waals surface area contributed by atoms with Crippen molar-refractivity contribution in [1.82, 2.24) is 24.5 Å². The van der Waals surface area contributed by atoms with E-state index in [-0.39, 0.29) is 142 Å². The minimum absolute atomic E-state index is 0. The summed E-state index contributed by atoms with van der Waals surface area (Å²) in [6.07, 6.45) is 10.5. The van der Waals surface area contributed by atoms with Crippen molar-refractivity contribution in [2.45, 2.75) is 70.1 Å². The molecule has 0 saturated heterocycles. The molecule has 10 nitrogen and oxygen atoms in total. The second kappa shape index (κ2) is 39.8. The predicted molar refractivity (Wildman–Crippen MR) is 458 cm³/mol. The van der Waals surface area contributed by atoms with Crippen molar-refractivity contribution < 1.29 is 73.4 Å². The van der Waals surface area contributed by atoms with Gasteiger partial charge in [0.25, 0.3) is 0 Å². The third-order valence-corrected chi connectivity index (χ3v) is 20.2. The number of thiophene rings is 2. The summed E-state index contributed by atoms with van der Waals surface area (Å²) in [5.74, 6) is 1.95. The largest absolute Gasteiger partial charge is 0.512 e. The smallest absolute Gasteiger partial charge is 0.331 e. The molecule has 3 aliphatic rings. The number of carbonyl (C=O) groups is 1. The van der Waals surface area contributed by atoms with Crippen LogP contribution in [0.1, 0.15) is 75.5 Å². The molecule has 10 aromatic carbocycles. The van der Waals surface area contributed by atoms with E-state index in [2.05, 4.69) is 193 Å². The number of aliphatic hydroxyl groups excluding tert-OH is 1. The molecule has 3 aliphatic heterocycles. The summed E-state index contributed by atoms with van der Waals surface area (Å²) in [6.45, 7) is 7.02. The van der Waals surface area contributed by atoms with Gasteiger partial charge in [-0.1, -0.05) is 175 Å². The Kier molecular flexibility index (Phi) is 26.4. The van der Waals surface area contributed by atoms with E-state index in [4.69, 9.17) is 19.7 Å². The van der Waals surface area contributed by atoms with Crippen molar-refractivity contribution in [3.8, 4) is 73.5 Å². The van der Waals surface area contributed by atoms with Crippen LogP contribution >= 0.6 is 22.7 Å². The topological polar surface area (TPSA) is 105 Å². The summed E-state index contributed by atoms with van der Waals surface area (Å²) in [7, 11) is 0. The van der Waals surface area contributed by atoms with Crippen LogP contribution in [0.5, 0.6) is 0 Å². The van der Waals surface area contributed by atoms with Crippen LogP contribution in [0.2, 0.25) is 0 Å². The first-order chi connectivity index (χ1) is 55.1. The van der Waals surface area contributed by atoms with Gasteiger partial charge in [0.15, 0.2) is 37.0 Å². The van der Waals surface area contributed by atoms with Crippen LogP contribution in [0.4, 0.5) is 0 Å². The van der Waals surface area contributed by atoms with Gasteiger partial charge in [-0.25, -0.2) is 4.57 Å². The summed E-state index contributed by atoms with van der Waals surface area (Å²) < 4.78 is 68.2. The van der Waals surface area contributed by atoms with Gasteiger partial charge in [0.2, 0.25) is 11.4 Å². The monoisotopic (exact) mass is 1870 g/mol. The number of pyridine rings is 4.